The standard InChI is InChI=1S/C20H23N5O2S2/c1-24-13-10-23-19(24)29-16-6-11-25(12-7-16)20(26)27-15-4-2-14(3-5-15)17(28)18-21-8-9-22-18/h2-5,8-10,13,16-17,28H,6-7,11-12H2,1H3,(H,21,22). The van der Waals surface area contributed by atoms with Gasteiger partial charge < -0.3 is 19.2 Å². The molecule has 1 aliphatic rings. The number of H-pyrrole nitrogens is 1. The lowest BCUT2D eigenvalue weighted by Crippen LogP contribution is -2.40. The number of thioether (sulfide) groups is 1. The highest BCUT2D eigenvalue weighted by Crippen LogP contribution is 2.30. The van der Waals surface area contributed by atoms with Crippen molar-refractivity contribution < 1.29 is 9.53 Å². The Hall–Kier alpha value is -2.39. The Kier molecular flexibility index (Phi) is 6.15. The summed E-state index contributed by atoms with van der Waals surface area (Å²) < 4.78 is 7.58. The highest BCUT2D eigenvalue weighted by atomic mass is 32.2. The zero-order chi connectivity index (χ0) is 20.2. The number of thiol groups is 1. The van der Waals surface area contributed by atoms with Crippen molar-refractivity contribution in [3.63, 3.8) is 0 Å². The quantitative estimate of drug-likeness (QED) is 0.601. The number of imidazole rings is 2. The molecule has 1 saturated heterocycles. The highest BCUT2D eigenvalue weighted by molar-refractivity contribution is 7.99. The fourth-order valence-electron chi connectivity index (χ4n) is 3.24. The molecule has 0 aliphatic carbocycles. The van der Waals surface area contributed by atoms with Gasteiger partial charge in [-0.2, -0.15) is 12.6 Å². The van der Waals surface area contributed by atoms with Crippen LogP contribution in [-0.2, 0) is 7.05 Å². The van der Waals surface area contributed by atoms with Crippen molar-refractivity contribution in [1.82, 2.24) is 24.4 Å². The second-order valence-electron chi connectivity index (χ2n) is 6.94. The Labute approximate surface area is 179 Å². The second-order valence-corrected chi connectivity index (χ2v) is 8.72. The number of benzene rings is 1. The first-order valence-electron chi connectivity index (χ1n) is 9.48. The molecule has 1 N–H and O–H groups in total. The third-order valence-corrected chi connectivity index (χ3v) is 6.88. The maximum absolute atomic E-state index is 12.5. The van der Waals surface area contributed by atoms with E-state index in [0.29, 0.717) is 24.1 Å². The van der Waals surface area contributed by atoms with E-state index in [9.17, 15) is 4.79 Å². The number of ether oxygens (including phenoxy) is 1. The summed E-state index contributed by atoms with van der Waals surface area (Å²) in [7, 11) is 2.00. The van der Waals surface area contributed by atoms with E-state index in [1.807, 2.05) is 36.1 Å². The van der Waals surface area contributed by atoms with Gasteiger partial charge in [0.1, 0.15) is 11.6 Å². The molecule has 1 unspecified atom stereocenters. The highest BCUT2D eigenvalue weighted by Gasteiger charge is 2.25. The van der Waals surface area contributed by atoms with Gasteiger partial charge in [0.15, 0.2) is 5.16 Å². The van der Waals surface area contributed by atoms with E-state index in [4.69, 9.17) is 4.74 Å². The minimum Gasteiger partial charge on any atom is -0.410 e. The van der Waals surface area contributed by atoms with Crippen LogP contribution in [0, 0.1) is 0 Å². The molecule has 3 aromatic rings. The fraction of sp³-hybridized carbons (Fsp3) is 0.350. The first-order valence-corrected chi connectivity index (χ1v) is 10.9. The average Bonchev–Trinajstić information content (AvgIpc) is 3.41. The summed E-state index contributed by atoms with van der Waals surface area (Å²) in [6.45, 7) is 1.38. The summed E-state index contributed by atoms with van der Waals surface area (Å²) in [5.41, 5.74) is 0.982. The number of hydrogen-bond acceptors (Lipinski definition) is 6. The predicted octanol–water partition coefficient (Wildman–Crippen LogP) is 3.92. The summed E-state index contributed by atoms with van der Waals surface area (Å²) in [4.78, 5) is 25.9. The zero-order valence-corrected chi connectivity index (χ0v) is 17.8. The van der Waals surface area contributed by atoms with Crippen LogP contribution in [0.25, 0.3) is 0 Å². The van der Waals surface area contributed by atoms with E-state index in [1.165, 1.54) is 0 Å². The molecule has 1 aromatic carbocycles. The predicted molar refractivity (Wildman–Crippen MR) is 116 cm³/mol. The molecule has 1 aliphatic heterocycles. The van der Waals surface area contributed by atoms with E-state index in [1.54, 1.807) is 41.2 Å². The molecule has 0 radical (unpaired) electrons. The number of likely N-dealkylation sites (tertiary alicyclic amines) is 1. The second kappa shape index (κ2) is 8.96. The fourth-order valence-corrected chi connectivity index (χ4v) is 4.65. The van der Waals surface area contributed by atoms with Crippen LogP contribution in [0.5, 0.6) is 5.75 Å². The van der Waals surface area contributed by atoms with Gasteiger partial charge in [-0.1, -0.05) is 23.9 Å². The maximum atomic E-state index is 12.5. The Morgan fingerprint density at radius 2 is 2.00 bits per heavy atom. The SMILES string of the molecule is Cn1ccnc1SC1CCN(C(=O)Oc2ccc(C(S)c3ncc[nH]3)cc2)CC1. The van der Waals surface area contributed by atoms with Gasteiger partial charge in [-0.3, -0.25) is 0 Å². The van der Waals surface area contributed by atoms with Gasteiger partial charge in [-0.15, -0.1) is 0 Å². The van der Waals surface area contributed by atoms with E-state index in [0.717, 1.165) is 29.4 Å². The number of nitrogens with one attached hydrogen (secondary N) is 1. The number of carbonyl (C=O) groups excluding carboxylic acids is 1. The molecule has 1 atom stereocenters. The number of rotatable bonds is 5. The van der Waals surface area contributed by atoms with Gasteiger partial charge in [0, 0.05) is 50.2 Å². The summed E-state index contributed by atoms with van der Waals surface area (Å²) in [6.07, 6.45) is 8.78. The van der Waals surface area contributed by atoms with Gasteiger partial charge in [-0.25, -0.2) is 14.8 Å². The summed E-state index contributed by atoms with van der Waals surface area (Å²) >= 11 is 6.37. The molecular formula is C20H23N5O2S2. The zero-order valence-electron chi connectivity index (χ0n) is 16.1. The molecule has 4 rings (SSSR count). The molecule has 1 fully saturated rings. The smallest absolute Gasteiger partial charge is 0.410 e. The molecular weight excluding hydrogens is 406 g/mol. The number of piperidine rings is 1. The first-order chi connectivity index (χ1) is 14.1. The lowest BCUT2D eigenvalue weighted by Gasteiger charge is -2.30. The monoisotopic (exact) mass is 429 g/mol. The van der Waals surface area contributed by atoms with Crippen LogP contribution in [0.15, 0.2) is 54.2 Å². The molecule has 0 spiro atoms. The molecule has 2 aromatic heterocycles. The summed E-state index contributed by atoms with van der Waals surface area (Å²) in [5.74, 6) is 1.31. The maximum Gasteiger partial charge on any atom is 0.415 e. The van der Waals surface area contributed by atoms with Crippen LogP contribution in [0.4, 0.5) is 4.79 Å². The summed E-state index contributed by atoms with van der Waals surface area (Å²) in [5, 5.41) is 1.33. The van der Waals surface area contributed by atoms with Gasteiger partial charge in [0.2, 0.25) is 0 Å². The van der Waals surface area contributed by atoms with Gasteiger partial charge in [0.25, 0.3) is 0 Å². The topological polar surface area (TPSA) is 76.0 Å². The van der Waals surface area contributed by atoms with E-state index in [2.05, 4.69) is 27.6 Å². The van der Waals surface area contributed by atoms with Gasteiger partial charge in [0.05, 0.1) is 5.25 Å². The molecule has 7 nitrogen and oxygen atoms in total. The van der Waals surface area contributed by atoms with Crippen LogP contribution in [0.2, 0.25) is 0 Å². The van der Waals surface area contributed by atoms with E-state index < -0.39 is 0 Å². The summed E-state index contributed by atoms with van der Waals surface area (Å²) in [6, 6.07) is 7.39. The Balaban J connectivity index is 1.28. The third kappa shape index (κ3) is 4.79. The van der Waals surface area contributed by atoms with Crippen molar-refractivity contribution >= 4 is 30.5 Å². The molecule has 1 amide bonds. The molecule has 3 heterocycles. The minimum atomic E-state index is -0.299. The van der Waals surface area contributed by atoms with Crippen LogP contribution < -0.4 is 4.74 Å². The van der Waals surface area contributed by atoms with Crippen LogP contribution >= 0.6 is 24.4 Å². The number of carbonyl (C=O) groups is 1. The normalized spacial score (nSPS) is 16.0. The van der Waals surface area contributed by atoms with Crippen molar-refractivity contribution in [3.8, 4) is 5.75 Å². The van der Waals surface area contributed by atoms with E-state index in [-0.39, 0.29) is 11.3 Å². The molecule has 0 bridgehead atoms. The van der Waals surface area contributed by atoms with Crippen LogP contribution in [0.1, 0.15) is 29.5 Å². The number of amides is 1. The largest absolute Gasteiger partial charge is 0.415 e. The van der Waals surface area contributed by atoms with E-state index >= 15 is 0 Å². The first kappa shape index (κ1) is 19.9. The Bertz CT molecular complexity index is 934. The van der Waals surface area contributed by atoms with Gasteiger partial charge in [-0.05, 0) is 30.5 Å². The lowest BCUT2D eigenvalue weighted by molar-refractivity contribution is 0.143. The van der Waals surface area contributed by atoms with Crippen LogP contribution in [-0.4, -0.2) is 48.9 Å². The number of aromatic nitrogens is 4. The number of aromatic amines is 1. The molecule has 29 heavy (non-hydrogen) atoms. The van der Waals surface area contributed by atoms with Gasteiger partial charge >= 0.3 is 6.09 Å². The third-order valence-electron chi connectivity index (χ3n) is 4.93. The lowest BCUT2D eigenvalue weighted by atomic mass is 10.1. The average molecular weight is 430 g/mol. The van der Waals surface area contributed by atoms with Crippen molar-refractivity contribution in [2.24, 2.45) is 7.05 Å². The molecule has 9 heteroatoms. The van der Waals surface area contributed by atoms with Crippen LogP contribution in [0.3, 0.4) is 0 Å². The number of hydrogen-bond donors (Lipinski definition) is 2. The van der Waals surface area contributed by atoms with Crippen molar-refractivity contribution in [2.45, 2.75) is 28.5 Å². The Morgan fingerprint density at radius 1 is 1.24 bits per heavy atom. The van der Waals surface area contributed by atoms with Crippen molar-refractivity contribution in [1.29, 1.82) is 0 Å². The Morgan fingerprint density at radius 3 is 2.62 bits per heavy atom. The number of aryl methyl sites for hydroxylation is 1. The molecule has 152 valence electrons. The molecule has 0 saturated carbocycles. The van der Waals surface area contributed by atoms with Crippen molar-refractivity contribution in [2.75, 3.05) is 13.1 Å². The van der Waals surface area contributed by atoms with Crippen molar-refractivity contribution in [3.05, 3.63) is 60.4 Å². The number of nitrogens with zero attached hydrogens (tertiary/aromatic N) is 4. The minimum absolute atomic E-state index is 0.148.